The molecule has 1 aromatic heterocycles. The number of hydrogen-bond acceptors (Lipinski definition) is 14. The summed E-state index contributed by atoms with van der Waals surface area (Å²) in [6.45, 7) is 6.45. The Morgan fingerprint density at radius 1 is 0.707 bits per heavy atom. The third-order valence-corrected chi connectivity index (χ3v) is 16.1. The van der Waals surface area contributed by atoms with Crippen LogP contribution in [0.15, 0.2) is 85.1 Å². The van der Waals surface area contributed by atoms with Crippen LogP contribution >= 0.6 is 21.6 Å². The van der Waals surface area contributed by atoms with Crippen LogP contribution in [0.3, 0.4) is 0 Å². The van der Waals surface area contributed by atoms with Gasteiger partial charge in [-0.3, -0.25) is 28.8 Å². The molecular formula is C57H76N10O13S2. The average Bonchev–Trinajstić information content (AvgIpc) is 4.04. The van der Waals surface area contributed by atoms with E-state index in [1.807, 2.05) is 18.2 Å². The Labute approximate surface area is 483 Å². The largest absolute Gasteiger partial charge is 0.508 e. The van der Waals surface area contributed by atoms with Crippen LogP contribution in [0.5, 0.6) is 5.75 Å². The summed E-state index contributed by atoms with van der Waals surface area (Å²) in [6, 6.07) is 10.9. The number of carbonyl (C=O) groups excluding carboxylic acids is 8. The molecule has 0 bridgehead atoms. The lowest BCUT2D eigenvalue weighted by Crippen LogP contribution is -2.62. The Hall–Kier alpha value is -7.51. The van der Waals surface area contributed by atoms with E-state index in [0.29, 0.717) is 27.6 Å². The van der Waals surface area contributed by atoms with Gasteiger partial charge in [0.2, 0.25) is 35.4 Å². The Morgan fingerprint density at radius 3 is 2.02 bits per heavy atom. The minimum Gasteiger partial charge on any atom is -0.508 e. The van der Waals surface area contributed by atoms with Gasteiger partial charge in [0, 0.05) is 60.5 Å². The number of aliphatic hydroxyl groups is 1. The van der Waals surface area contributed by atoms with Crippen LogP contribution in [-0.2, 0) is 57.6 Å². The van der Waals surface area contributed by atoms with Gasteiger partial charge in [-0.25, -0.2) is 14.4 Å². The van der Waals surface area contributed by atoms with Crippen molar-refractivity contribution in [2.24, 2.45) is 0 Å². The van der Waals surface area contributed by atoms with Gasteiger partial charge in [-0.1, -0.05) is 102 Å². The van der Waals surface area contributed by atoms with Crippen molar-refractivity contribution in [3.8, 4) is 5.75 Å². The number of rotatable bonds is 17. The van der Waals surface area contributed by atoms with Crippen molar-refractivity contribution < 1.29 is 63.2 Å². The van der Waals surface area contributed by atoms with E-state index < -0.39 is 108 Å². The molecule has 3 aromatic carbocycles. The summed E-state index contributed by atoms with van der Waals surface area (Å²) >= 11 is 0. The predicted octanol–water partition coefficient (Wildman–Crippen LogP) is 3.37. The van der Waals surface area contributed by atoms with Gasteiger partial charge in [0.1, 0.15) is 53.6 Å². The fourth-order valence-electron chi connectivity index (χ4n) is 9.34. The van der Waals surface area contributed by atoms with Gasteiger partial charge in [0.25, 0.3) is 0 Å². The number of aromatic amines is 1. The summed E-state index contributed by atoms with van der Waals surface area (Å²) in [5.41, 5.74) is 1.70. The lowest BCUT2D eigenvalue weighted by molar-refractivity contribution is -0.142. The van der Waals surface area contributed by atoms with Crippen molar-refractivity contribution >= 4 is 86.0 Å². The monoisotopic (exact) mass is 1170 g/mol. The normalized spacial score (nSPS) is 21.9. The summed E-state index contributed by atoms with van der Waals surface area (Å²) in [5, 5.41) is 56.4. The first kappa shape index (κ1) is 63.7. The second-order valence-corrected chi connectivity index (χ2v) is 24.0. The van der Waals surface area contributed by atoms with Gasteiger partial charge >= 0.3 is 18.1 Å². The third-order valence-electron chi connectivity index (χ3n) is 13.7. The molecule has 82 heavy (non-hydrogen) atoms. The maximum absolute atomic E-state index is 15.0. The van der Waals surface area contributed by atoms with Crippen LogP contribution in [0.4, 0.5) is 9.59 Å². The SMILES string of the molecule is C[C@@H](O)[C@@H]1NC(=O)[C@H](CCCCNC(=O)OC(C)(C)C)NC(=O)[C@@H](Cc2c[nH]c3ccccc23)NC(=O)[C@H](Cc2ccc(O)cc2)NC(=O)[C@@H](NC(=O)[C@@H](Cc2ccccc2)NC(=O)NC2CCCCC2)CSSC[C@@H](C(=O)O)NC1=O. The van der Waals surface area contributed by atoms with Crippen LogP contribution < -0.4 is 47.9 Å². The first-order valence-corrected chi connectivity index (χ1v) is 30.0. The number of aromatic nitrogens is 1. The topological polar surface area (TPSA) is 348 Å². The van der Waals surface area contributed by atoms with E-state index >= 15 is 4.79 Å². The number of amides is 9. The summed E-state index contributed by atoms with van der Waals surface area (Å²) in [4.78, 5) is 129. The van der Waals surface area contributed by atoms with Crippen LogP contribution in [0.25, 0.3) is 10.9 Å². The van der Waals surface area contributed by atoms with E-state index in [-0.39, 0.29) is 68.4 Å². The molecule has 25 heteroatoms. The first-order valence-electron chi connectivity index (χ1n) is 27.5. The highest BCUT2D eigenvalue weighted by Gasteiger charge is 2.37. The third kappa shape index (κ3) is 20.5. The summed E-state index contributed by atoms with van der Waals surface area (Å²) < 4.78 is 5.32. The number of phenols is 1. The second-order valence-electron chi connectivity index (χ2n) is 21.5. The molecule has 1 saturated heterocycles. The molecule has 1 aliphatic heterocycles. The maximum atomic E-state index is 15.0. The number of H-pyrrole nitrogens is 1. The molecule has 1 saturated carbocycles. The Morgan fingerprint density at radius 2 is 1.34 bits per heavy atom. The molecule has 2 heterocycles. The zero-order chi connectivity index (χ0) is 59.3. The van der Waals surface area contributed by atoms with Gasteiger partial charge in [-0.05, 0) is 94.7 Å². The van der Waals surface area contributed by atoms with Gasteiger partial charge in [0.15, 0.2) is 0 Å². The van der Waals surface area contributed by atoms with Crippen molar-refractivity contribution in [1.29, 1.82) is 0 Å². The molecule has 23 nitrogen and oxygen atoms in total. The van der Waals surface area contributed by atoms with Gasteiger partial charge in [0.05, 0.1) is 6.10 Å². The van der Waals surface area contributed by atoms with E-state index in [0.717, 1.165) is 53.7 Å². The van der Waals surface area contributed by atoms with Crippen LogP contribution in [0.2, 0.25) is 0 Å². The number of aromatic hydroxyl groups is 1. The molecule has 0 spiro atoms. The van der Waals surface area contributed by atoms with E-state index in [2.05, 4.69) is 52.8 Å². The zero-order valence-corrected chi connectivity index (χ0v) is 48.1. The predicted molar refractivity (Wildman–Crippen MR) is 310 cm³/mol. The number of carbonyl (C=O) groups is 9. The minimum absolute atomic E-state index is 0.0207. The summed E-state index contributed by atoms with van der Waals surface area (Å²) in [5.74, 6) is -7.50. The number of unbranched alkanes of at least 4 members (excludes halogenated alkanes) is 1. The van der Waals surface area contributed by atoms with E-state index in [1.165, 1.54) is 31.2 Å². The minimum atomic E-state index is -1.74. The van der Waals surface area contributed by atoms with E-state index in [9.17, 15) is 53.7 Å². The molecule has 6 rings (SSSR count). The Bertz CT molecular complexity index is 2830. The van der Waals surface area contributed by atoms with Crippen LogP contribution in [-0.4, -0.2) is 152 Å². The van der Waals surface area contributed by atoms with Crippen molar-refractivity contribution in [2.45, 2.75) is 158 Å². The highest BCUT2D eigenvalue weighted by Crippen LogP contribution is 2.25. The summed E-state index contributed by atoms with van der Waals surface area (Å²) in [6.07, 6.45) is 3.91. The van der Waals surface area contributed by atoms with Crippen LogP contribution in [0.1, 0.15) is 95.8 Å². The molecule has 8 atom stereocenters. The van der Waals surface area contributed by atoms with Crippen molar-refractivity contribution in [3.05, 3.63) is 102 Å². The fourth-order valence-corrected chi connectivity index (χ4v) is 11.7. The number of aliphatic carboxylic acids is 1. The lowest BCUT2D eigenvalue weighted by Gasteiger charge is -2.29. The number of ether oxygens (including phenoxy) is 1. The number of nitrogens with one attached hydrogen (secondary N) is 10. The molecule has 9 amide bonds. The second kappa shape index (κ2) is 31.1. The number of benzene rings is 3. The van der Waals surface area contributed by atoms with Gasteiger partial charge in [-0.2, -0.15) is 0 Å². The van der Waals surface area contributed by atoms with Crippen molar-refractivity contribution in [3.63, 3.8) is 0 Å². The molecule has 0 unspecified atom stereocenters. The molecule has 13 N–H and O–H groups in total. The number of para-hydroxylation sites is 1. The Kier molecular flexibility index (Phi) is 24.1. The zero-order valence-electron chi connectivity index (χ0n) is 46.4. The number of hydrogen-bond donors (Lipinski definition) is 13. The Balaban J connectivity index is 1.36. The fraction of sp³-hybridized carbons (Fsp3) is 0.491. The molecular weight excluding hydrogens is 1100 g/mol. The number of alkyl carbamates (subject to hydrolysis) is 1. The van der Waals surface area contributed by atoms with Crippen molar-refractivity contribution in [2.75, 3.05) is 18.1 Å². The molecule has 1 aliphatic carbocycles. The molecule has 2 aliphatic rings. The van der Waals surface area contributed by atoms with Gasteiger partial charge in [-0.15, -0.1) is 0 Å². The smallest absolute Gasteiger partial charge is 0.407 e. The standard InChI is InChI=1S/C57H76N10O13S2/c1-33(68)47-53(75)65-46(54(76)77)32-82-81-31-45(64-50(72)43(27-34-15-7-5-8-16-34)66-55(78)60-37-17-9-6-10-18-37)52(74)62-42(28-35-22-24-38(69)25-23-35)49(71)63-44(29-36-30-59-40-20-12-11-19-39(36)40)51(73)61-41(48(70)67-47)21-13-14-26-58-56(79)80-57(2,3)4/h5,7-8,11-12,15-16,19-20,22-25,30,33,37,41-47,59,68-69H,6,9-10,13-14,17-18,21,26-29,31-32H2,1-4H3,(H,58,79)(H,61,73)(H,62,74)(H,63,71)(H,64,72)(H,65,75)(H,67,70)(H,76,77)(H2,60,66,78)/t33-,41+,42+,43-,44-,45+,46+,47+/m1/s1. The number of carboxylic acids is 1. The lowest BCUT2D eigenvalue weighted by atomic mass is 9.96. The quantitative estimate of drug-likeness (QED) is 0.0533. The molecule has 0 radical (unpaired) electrons. The van der Waals surface area contributed by atoms with E-state index in [4.69, 9.17) is 4.74 Å². The first-order chi connectivity index (χ1) is 39.1. The van der Waals surface area contributed by atoms with Crippen molar-refractivity contribution in [1.82, 2.24) is 52.8 Å². The summed E-state index contributed by atoms with van der Waals surface area (Å²) in [7, 11) is 1.88. The number of urea groups is 1. The average molecular weight is 1170 g/mol. The number of aliphatic hydroxyl groups excluding tert-OH is 1. The number of phenolic OH excluding ortho intramolecular Hbond substituents is 1. The number of carboxylic acid groups (broad SMARTS) is 1. The molecule has 444 valence electrons. The van der Waals surface area contributed by atoms with Gasteiger partial charge < -0.3 is 72.9 Å². The molecule has 4 aromatic rings. The number of fused-ring (bicyclic) bond motifs is 1. The van der Waals surface area contributed by atoms with E-state index in [1.54, 1.807) is 63.4 Å². The van der Waals surface area contributed by atoms with Crippen LogP contribution in [0, 0.1) is 0 Å². The highest BCUT2D eigenvalue weighted by atomic mass is 33.1. The highest BCUT2D eigenvalue weighted by molar-refractivity contribution is 8.76. The maximum Gasteiger partial charge on any atom is 0.407 e. The molecule has 2 fully saturated rings.